The summed E-state index contributed by atoms with van der Waals surface area (Å²) in [7, 11) is 3.02. The number of benzene rings is 3. The van der Waals surface area contributed by atoms with E-state index in [0.29, 0.717) is 34.1 Å². The molecule has 0 radical (unpaired) electrons. The Kier molecular flexibility index (Phi) is 5.53. The Labute approximate surface area is 182 Å². The lowest BCUT2D eigenvalue weighted by Crippen LogP contribution is -2.13. The van der Waals surface area contributed by atoms with Crippen molar-refractivity contribution in [2.45, 2.75) is 0 Å². The minimum Gasteiger partial charge on any atom is -0.497 e. The van der Waals surface area contributed by atoms with Gasteiger partial charge in [0.2, 0.25) is 5.89 Å². The normalized spacial score (nSPS) is 10.8. The number of rotatable bonds is 5. The van der Waals surface area contributed by atoms with Gasteiger partial charge in [0.1, 0.15) is 17.0 Å². The molecule has 0 fully saturated rings. The van der Waals surface area contributed by atoms with Crippen LogP contribution in [0.2, 0.25) is 10.0 Å². The second-order valence-corrected chi connectivity index (χ2v) is 7.17. The van der Waals surface area contributed by atoms with Gasteiger partial charge in [-0.3, -0.25) is 4.79 Å². The van der Waals surface area contributed by atoms with Crippen LogP contribution in [0.5, 0.6) is 11.5 Å². The summed E-state index contributed by atoms with van der Waals surface area (Å²) in [4.78, 5) is 17.2. The van der Waals surface area contributed by atoms with Gasteiger partial charge in [-0.2, -0.15) is 0 Å². The van der Waals surface area contributed by atoms with Crippen LogP contribution < -0.4 is 14.8 Å². The zero-order valence-electron chi connectivity index (χ0n) is 16.0. The summed E-state index contributed by atoms with van der Waals surface area (Å²) in [6.07, 6.45) is 0. The highest BCUT2D eigenvalue weighted by Crippen LogP contribution is 2.37. The van der Waals surface area contributed by atoms with Crippen LogP contribution in [-0.2, 0) is 0 Å². The molecule has 1 N–H and O–H groups in total. The second kappa shape index (κ2) is 8.26. The van der Waals surface area contributed by atoms with Crippen molar-refractivity contribution in [3.05, 3.63) is 70.2 Å². The van der Waals surface area contributed by atoms with Crippen LogP contribution in [-0.4, -0.2) is 25.1 Å². The van der Waals surface area contributed by atoms with Gasteiger partial charge in [0.25, 0.3) is 5.91 Å². The van der Waals surface area contributed by atoms with E-state index in [-0.39, 0.29) is 15.7 Å². The third kappa shape index (κ3) is 3.92. The van der Waals surface area contributed by atoms with Gasteiger partial charge in [-0.1, -0.05) is 35.3 Å². The van der Waals surface area contributed by atoms with Crippen molar-refractivity contribution in [2.75, 3.05) is 19.5 Å². The van der Waals surface area contributed by atoms with Gasteiger partial charge >= 0.3 is 0 Å². The third-order valence-corrected chi connectivity index (χ3v) is 5.03. The number of fused-ring (bicyclic) bond motifs is 1. The molecule has 3 aromatic carbocycles. The third-order valence-electron chi connectivity index (χ3n) is 4.44. The van der Waals surface area contributed by atoms with Gasteiger partial charge in [0, 0.05) is 17.2 Å². The highest BCUT2D eigenvalue weighted by atomic mass is 35.5. The Balaban J connectivity index is 1.65. The summed E-state index contributed by atoms with van der Waals surface area (Å²) in [5.74, 6) is 0.951. The maximum atomic E-state index is 12.8. The van der Waals surface area contributed by atoms with E-state index < -0.39 is 5.91 Å². The predicted molar refractivity (Wildman–Crippen MR) is 117 cm³/mol. The fourth-order valence-corrected chi connectivity index (χ4v) is 3.52. The van der Waals surface area contributed by atoms with Crippen LogP contribution in [0.15, 0.2) is 59.0 Å². The van der Waals surface area contributed by atoms with Crippen LogP contribution >= 0.6 is 23.2 Å². The summed E-state index contributed by atoms with van der Waals surface area (Å²) < 4.78 is 16.2. The van der Waals surface area contributed by atoms with E-state index in [0.717, 1.165) is 5.52 Å². The number of ether oxygens (including phenoxy) is 2. The summed E-state index contributed by atoms with van der Waals surface area (Å²) in [6, 6.07) is 15.5. The molecule has 8 heteroatoms. The van der Waals surface area contributed by atoms with Crippen molar-refractivity contribution >= 4 is 45.9 Å². The average Bonchev–Trinajstić information content (AvgIpc) is 3.20. The fourth-order valence-electron chi connectivity index (χ4n) is 2.94. The molecule has 0 atom stereocenters. The maximum Gasteiger partial charge on any atom is 0.256 e. The highest BCUT2D eigenvalue weighted by molar-refractivity contribution is 6.40. The molecular weight excluding hydrogens is 427 g/mol. The molecule has 0 aliphatic heterocycles. The first kappa shape index (κ1) is 20.1. The smallest absolute Gasteiger partial charge is 0.256 e. The van der Waals surface area contributed by atoms with Gasteiger partial charge in [-0.05, 0) is 36.4 Å². The molecule has 0 aliphatic carbocycles. The van der Waals surface area contributed by atoms with Crippen molar-refractivity contribution in [2.24, 2.45) is 0 Å². The fraction of sp³-hybridized carbons (Fsp3) is 0.0909. The SMILES string of the molecule is COc1cc(OC)cc(C(=O)Nc2c(Cl)cc(-c3nc4ccccc4o3)cc2Cl)c1. The number of oxazole rings is 1. The van der Waals surface area contributed by atoms with Gasteiger partial charge in [0.05, 0.1) is 30.0 Å². The first-order chi connectivity index (χ1) is 14.5. The maximum absolute atomic E-state index is 12.8. The summed E-state index contributed by atoms with van der Waals surface area (Å²) in [5, 5.41) is 3.24. The van der Waals surface area contributed by atoms with Crippen LogP contribution in [0.25, 0.3) is 22.6 Å². The van der Waals surface area contributed by atoms with Crippen LogP contribution in [0.4, 0.5) is 5.69 Å². The van der Waals surface area contributed by atoms with E-state index in [4.69, 9.17) is 37.1 Å². The molecular formula is C22H16Cl2N2O4. The second-order valence-electron chi connectivity index (χ2n) is 6.36. The van der Waals surface area contributed by atoms with Gasteiger partial charge in [-0.15, -0.1) is 0 Å². The standard InChI is InChI=1S/C22H16Cl2N2O4/c1-28-14-7-12(8-15(11-14)29-2)21(27)26-20-16(23)9-13(10-17(20)24)22-25-18-5-3-4-6-19(18)30-22/h3-11H,1-2H3,(H,26,27). The number of nitrogens with zero attached hydrogens (tertiary/aromatic N) is 1. The van der Waals surface area contributed by atoms with Crippen molar-refractivity contribution in [3.8, 4) is 23.0 Å². The molecule has 4 rings (SSSR count). The van der Waals surface area contributed by atoms with E-state index in [9.17, 15) is 4.79 Å². The van der Waals surface area contributed by atoms with Crippen LogP contribution in [0.1, 0.15) is 10.4 Å². The predicted octanol–water partition coefficient (Wildman–Crippen LogP) is 6.07. The van der Waals surface area contributed by atoms with E-state index in [2.05, 4.69) is 10.3 Å². The van der Waals surface area contributed by atoms with Crippen LogP contribution in [0.3, 0.4) is 0 Å². The van der Waals surface area contributed by atoms with E-state index in [1.807, 2.05) is 24.3 Å². The molecule has 0 saturated carbocycles. The molecule has 1 aromatic heterocycles. The average molecular weight is 443 g/mol. The Morgan fingerprint density at radius 3 is 2.20 bits per heavy atom. The zero-order valence-corrected chi connectivity index (χ0v) is 17.5. The van der Waals surface area contributed by atoms with Crippen molar-refractivity contribution in [3.63, 3.8) is 0 Å². The number of para-hydroxylation sites is 2. The molecule has 0 bridgehead atoms. The first-order valence-electron chi connectivity index (χ1n) is 8.88. The summed E-state index contributed by atoms with van der Waals surface area (Å²) in [5.41, 5.74) is 2.60. The van der Waals surface area contributed by atoms with E-state index in [1.54, 1.807) is 30.3 Å². The minimum atomic E-state index is -0.411. The number of methoxy groups -OCH3 is 2. The van der Waals surface area contributed by atoms with E-state index in [1.165, 1.54) is 14.2 Å². The number of carbonyl (C=O) groups is 1. The topological polar surface area (TPSA) is 73.6 Å². The summed E-state index contributed by atoms with van der Waals surface area (Å²) in [6.45, 7) is 0. The summed E-state index contributed by atoms with van der Waals surface area (Å²) >= 11 is 12.8. The van der Waals surface area contributed by atoms with E-state index >= 15 is 0 Å². The number of aromatic nitrogens is 1. The lowest BCUT2D eigenvalue weighted by Gasteiger charge is -2.12. The Bertz CT molecular complexity index is 1170. The molecule has 6 nitrogen and oxygen atoms in total. The molecule has 1 amide bonds. The number of amides is 1. The van der Waals surface area contributed by atoms with Gasteiger partial charge in [-0.25, -0.2) is 4.98 Å². The first-order valence-corrected chi connectivity index (χ1v) is 9.63. The zero-order chi connectivity index (χ0) is 21.3. The lowest BCUT2D eigenvalue weighted by atomic mass is 10.1. The number of anilines is 1. The van der Waals surface area contributed by atoms with Crippen molar-refractivity contribution in [1.29, 1.82) is 0 Å². The number of hydrogen-bond acceptors (Lipinski definition) is 5. The molecule has 4 aromatic rings. The number of nitrogens with one attached hydrogen (secondary N) is 1. The Hall–Kier alpha value is -3.22. The quantitative estimate of drug-likeness (QED) is 0.405. The minimum absolute atomic E-state index is 0.253. The molecule has 1 heterocycles. The van der Waals surface area contributed by atoms with Crippen molar-refractivity contribution < 1.29 is 18.7 Å². The Morgan fingerprint density at radius 2 is 1.60 bits per heavy atom. The number of halogens is 2. The number of carbonyl (C=O) groups excluding carboxylic acids is 1. The largest absolute Gasteiger partial charge is 0.497 e. The Morgan fingerprint density at radius 1 is 0.967 bits per heavy atom. The molecule has 0 saturated heterocycles. The monoisotopic (exact) mass is 442 g/mol. The number of hydrogen-bond donors (Lipinski definition) is 1. The molecule has 0 aliphatic rings. The van der Waals surface area contributed by atoms with Gasteiger partial charge in [0.15, 0.2) is 5.58 Å². The molecule has 0 unspecified atom stereocenters. The molecule has 152 valence electrons. The van der Waals surface area contributed by atoms with Gasteiger partial charge < -0.3 is 19.2 Å². The lowest BCUT2D eigenvalue weighted by molar-refractivity contribution is 0.102. The highest BCUT2D eigenvalue weighted by Gasteiger charge is 2.17. The van der Waals surface area contributed by atoms with Crippen LogP contribution in [0, 0.1) is 0 Å². The molecule has 0 spiro atoms. The molecule has 30 heavy (non-hydrogen) atoms. The van der Waals surface area contributed by atoms with Crippen molar-refractivity contribution in [1.82, 2.24) is 4.98 Å².